The number of nitrogens with zero attached hydrogens (tertiary/aromatic N) is 1. The van der Waals surface area contributed by atoms with Crippen LogP contribution in [-0.2, 0) is 28.6 Å². The van der Waals surface area contributed by atoms with Crippen LogP contribution in [0.5, 0.6) is 0 Å². The van der Waals surface area contributed by atoms with Crippen LogP contribution in [0.1, 0.15) is 53.3 Å². The standard InChI is InChI=1S/C21H26N2O8S/c1-13(24)32-12-10-16(23-18(26)14-7-4-5-8-15(14)19(23)27)20(28)31-17(25)9-6-11-21(22,29-2)30-3/h4-5,7-8,16H,6,9-12,22H2,1-3H3. The van der Waals surface area contributed by atoms with Gasteiger partial charge in [0.15, 0.2) is 5.12 Å². The van der Waals surface area contributed by atoms with Gasteiger partial charge >= 0.3 is 11.9 Å². The van der Waals surface area contributed by atoms with E-state index in [0.717, 1.165) is 16.7 Å². The van der Waals surface area contributed by atoms with Crippen molar-refractivity contribution in [3.63, 3.8) is 0 Å². The Hall–Kier alpha value is -2.60. The second-order valence-corrected chi connectivity index (χ2v) is 8.31. The third kappa shape index (κ3) is 6.22. The highest BCUT2D eigenvalue weighted by molar-refractivity contribution is 8.13. The number of rotatable bonds is 11. The highest BCUT2D eigenvalue weighted by atomic mass is 32.2. The van der Waals surface area contributed by atoms with E-state index in [1.54, 1.807) is 12.1 Å². The van der Waals surface area contributed by atoms with E-state index < -0.39 is 35.7 Å². The SMILES string of the molecule is COC(N)(CCCC(=O)OC(=O)C(CCSC(C)=O)N1C(=O)c2ccccc2C1=O)OC. The van der Waals surface area contributed by atoms with E-state index in [-0.39, 0.29) is 47.7 Å². The molecule has 2 amide bonds. The fraction of sp³-hybridized carbons (Fsp3) is 0.476. The first-order valence-electron chi connectivity index (χ1n) is 9.87. The minimum Gasteiger partial charge on any atom is -0.392 e. The topological polar surface area (TPSA) is 142 Å². The Bertz CT molecular complexity index is 865. The van der Waals surface area contributed by atoms with Gasteiger partial charge in [0.05, 0.1) is 11.1 Å². The van der Waals surface area contributed by atoms with Crippen molar-refractivity contribution in [2.24, 2.45) is 5.73 Å². The number of carbonyl (C=O) groups excluding carboxylic acids is 5. The summed E-state index contributed by atoms with van der Waals surface area (Å²) in [5.74, 6) is -4.39. The maximum Gasteiger partial charge on any atom is 0.337 e. The van der Waals surface area contributed by atoms with Gasteiger partial charge < -0.3 is 14.2 Å². The molecule has 0 saturated carbocycles. The predicted octanol–water partition coefficient (Wildman–Crippen LogP) is 1.47. The molecule has 1 unspecified atom stereocenters. The predicted molar refractivity (Wildman–Crippen MR) is 114 cm³/mol. The molecule has 0 radical (unpaired) electrons. The molecule has 1 atom stereocenters. The Kier molecular flexibility index (Phi) is 9.08. The average molecular weight is 467 g/mol. The first kappa shape index (κ1) is 25.7. The zero-order valence-corrected chi connectivity index (χ0v) is 18.9. The Morgan fingerprint density at radius 3 is 2.16 bits per heavy atom. The van der Waals surface area contributed by atoms with Gasteiger partial charge in [0.25, 0.3) is 11.8 Å². The van der Waals surface area contributed by atoms with Crippen LogP contribution >= 0.6 is 11.8 Å². The molecule has 32 heavy (non-hydrogen) atoms. The molecule has 1 aliphatic rings. The first-order chi connectivity index (χ1) is 15.1. The summed E-state index contributed by atoms with van der Waals surface area (Å²) in [5, 5.41) is -0.183. The highest BCUT2D eigenvalue weighted by Crippen LogP contribution is 2.27. The molecule has 2 rings (SSSR count). The van der Waals surface area contributed by atoms with Gasteiger partial charge in [0.2, 0.25) is 5.91 Å². The highest BCUT2D eigenvalue weighted by Gasteiger charge is 2.43. The summed E-state index contributed by atoms with van der Waals surface area (Å²) in [6.07, 6.45) is 0.179. The molecule has 10 nitrogen and oxygen atoms in total. The second-order valence-electron chi connectivity index (χ2n) is 7.04. The number of hydrogen-bond donors (Lipinski definition) is 1. The molecule has 0 saturated heterocycles. The first-order valence-corrected chi connectivity index (χ1v) is 10.9. The minimum absolute atomic E-state index is 0.0406. The van der Waals surface area contributed by atoms with Crippen LogP contribution in [-0.4, -0.2) is 65.7 Å². The number of methoxy groups -OCH3 is 2. The summed E-state index contributed by atoms with van der Waals surface area (Å²) < 4.78 is 14.9. The normalized spacial score (nSPS) is 14.3. The third-order valence-corrected chi connectivity index (χ3v) is 5.76. The lowest BCUT2D eigenvalue weighted by Crippen LogP contribution is -2.46. The van der Waals surface area contributed by atoms with E-state index in [2.05, 4.69) is 0 Å². The van der Waals surface area contributed by atoms with Crippen molar-refractivity contribution in [1.29, 1.82) is 0 Å². The smallest absolute Gasteiger partial charge is 0.337 e. The molecule has 1 aromatic carbocycles. The zero-order valence-electron chi connectivity index (χ0n) is 18.1. The Morgan fingerprint density at radius 1 is 1.09 bits per heavy atom. The number of thioether (sulfide) groups is 1. The number of esters is 2. The Morgan fingerprint density at radius 2 is 1.66 bits per heavy atom. The van der Waals surface area contributed by atoms with E-state index >= 15 is 0 Å². The van der Waals surface area contributed by atoms with Crippen LogP contribution in [0, 0.1) is 0 Å². The van der Waals surface area contributed by atoms with Crippen molar-refractivity contribution in [3.05, 3.63) is 35.4 Å². The summed E-state index contributed by atoms with van der Waals surface area (Å²) >= 11 is 0.940. The second kappa shape index (κ2) is 11.3. The van der Waals surface area contributed by atoms with Crippen molar-refractivity contribution in [2.75, 3.05) is 20.0 Å². The lowest BCUT2D eigenvalue weighted by Gasteiger charge is -2.25. The van der Waals surface area contributed by atoms with Gasteiger partial charge in [-0.3, -0.25) is 29.8 Å². The number of fused-ring (bicyclic) bond motifs is 1. The molecule has 1 heterocycles. The molecular formula is C21H26N2O8S. The number of carbonyl (C=O) groups is 5. The van der Waals surface area contributed by atoms with E-state index in [4.69, 9.17) is 19.9 Å². The maximum absolute atomic E-state index is 12.8. The van der Waals surface area contributed by atoms with Crippen LogP contribution < -0.4 is 5.73 Å². The van der Waals surface area contributed by atoms with E-state index in [9.17, 15) is 24.0 Å². The minimum atomic E-state index is -1.36. The monoisotopic (exact) mass is 466 g/mol. The van der Waals surface area contributed by atoms with E-state index in [1.165, 1.54) is 33.3 Å². The zero-order chi connectivity index (χ0) is 23.9. The summed E-state index contributed by atoms with van der Waals surface area (Å²) in [6.45, 7) is 1.36. The van der Waals surface area contributed by atoms with Gasteiger partial charge in [-0.2, -0.15) is 0 Å². The lowest BCUT2D eigenvalue weighted by molar-refractivity contribution is -0.207. The number of ether oxygens (including phenoxy) is 3. The number of imide groups is 1. The van der Waals surface area contributed by atoms with Crippen LogP contribution in [0.2, 0.25) is 0 Å². The molecule has 1 aromatic rings. The van der Waals surface area contributed by atoms with Gasteiger partial charge in [-0.1, -0.05) is 23.9 Å². The van der Waals surface area contributed by atoms with Crippen LogP contribution in [0.15, 0.2) is 24.3 Å². The fourth-order valence-corrected chi connectivity index (χ4v) is 3.78. The number of nitrogens with two attached hydrogens (primary N) is 1. The Labute approximate surface area is 189 Å². The van der Waals surface area contributed by atoms with Crippen molar-refractivity contribution in [3.8, 4) is 0 Å². The average Bonchev–Trinajstić information content (AvgIpc) is 3.01. The summed E-state index contributed by atoms with van der Waals surface area (Å²) in [7, 11) is 2.72. The van der Waals surface area contributed by atoms with Crippen molar-refractivity contribution in [1.82, 2.24) is 4.90 Å². The molecule has 2 N–H and O–H groups in total. The largest absolute Gasteiger partial charge is 0.392 e. The molecule has 0 aliphatic carbocycles. The number of hydrogen-bond acceptors (Lipinski definition) is 10. The maximum atomic E-state index is 12.8. The molecule has 0 fully saturated rings. The fourth-order valence-electron chi connectivity index (χ4n) is 3.16. The molecule has 11 heteroatoms. The van der Waals surface area contributed by atoms with Gasteiger partial charge in [-0.25, -0.2) is 4.79 Å². The van der Waals surface area contributed by atoms with Crippen molar-refractivity contribution < 1.29 is 38.2 Å². The van der Waals surface area contributed by atoms with Crippen LogP contribution in [0.4, 0.5) is 0 Å². The van der Waals surface area contributed by atoms with Crippen molar-refractivity contribution >= 4 is 40.6 Å². The summed E-state index contributed by atoms with van der Waals surface area (Å²) in [5.41, 5.74) is 6.12. The van der Waals surface area contributed by atoms with Crippen LogP contribution in [0.3, 0.4) is 0 Å². The van der Waals surface area contributed by atoms with E-state index in [1.807, 2.05) is 0 Å². The Balaban J connectivity index is 2.09. The van der Waals surface area contributed by atoms with Gasteiger partial charge in [-0.15, -0.1) is 0 Å². The molecule has 1 aliphatic heterocycles. The molecule has 0 bridgehead atoms. The number of amides is 2. The van der Waals surface area contributed by atoms with Gasteiger partial charge in [-0.05, 0) is 25.0 Å². The van der Waals surface area contributed by atoms with Gasteiger partial charge in [0, 0.05) is 39.7 Å². The van der Waals surface area contributed by atoms with Crippen molar-refractivity contribution in [2.45, 2.75) is 44.6 Å². The molecule has 0 spiro atoms. The molecule has 174 valence electrons. The summed E-state index contributed by atoms with van der Waals surface area (Å²) in [6, 6.07) is 4.83. The third-order valence-electron chi connectivity index (χ3n) is 4.92. The summed E-state index contributed by atoms with van der Waals surface area (Å²) in [4.78, 5) is 62.6. The van der Waals surface area contributed by atoms with Crippen LogP contribution in [0.25, 0.3) is 0 Å². The quantitative estimate of drug-likeness (QED) is 0.220. The lowest BCUT2D eigenvalue weighted by atomic mass is 10.1. The molecular weight excluding hydrogens is 440 g/mol. The van der Waals surface area contributed by atoms with Gasteiger partial charge in [0.1, 0.15) is 6.04 Å². The van der Waals surface area contributed by atoms with E-state index in [0.29, 0.717) is 0 Å². The number of benzene rings is 1. The molecule has 0 aromatic heterocycles.